The summed E-state index contributed by atoms with van der Waals surface area (Å²) in [6.07, 6.45) is 0.451. The van der Waals surface area contributed by atoms with E-state index in [0.29, 0.717) is 6.42 Å². The van der Waals surface area contributed by atoms with E-state index in [4.69, 9.17) is 34.8 Å². The van der Waals surface area contributed by atoms with Gasteiger partial charge in [0.1, 0.15) is 0 Å². The third kappa shape index (κ3) is 5.38. The monoisotopic (exact) mass is 356 g/mol. The number of alkyl halides is 4. The molecule has 0 saturated carbocycles. The van der Waals surface area contributed by atoms with Gasteiger partial charge in [0, 0.05) is 11.2 Å². The molecule has 0 spiro atoms. The van der Waals surface area contributed by atoms with Gasteiger partial charge in [0.05, 0.1) is 0 Å². The average Bonchev–Trinajstić information content (AvgIpc) is 2.14. The van der Waals surface area contributed by atoms with E-state index in [1.54, 1.807) is 0 Å². The minimum Gasteiger partial charge on any atom is -0.0837 e. The highest BCUT2D eigenvalue weighted by Crippen LogP contribution is 2.40. The SMILES string of the molecule is CC(C)(C)c1ccc([C@@H](Br)CC(Cl)(Cl)Cl)cc1. The van der Waals surface area contributed by atoms with Crippen molar-refractivity contribution in [3.8, 4) is 0 Å². The van der Waals surface area contributed by atoms with Crippen LogP contribution in [0.4, 0.5) is 0 Å². The van der Waals surface area contributed by atoms with Crippen LogP contribution in [0, 0.1) is 0 Å². The Morgan fingerprint density at radius 1 is 1.06 bits per heavy atom. The summed E-state index contributed by atoms with van der Waals surface area (Å²) < 4.78 is -1.23. The standard InChI is InChI=1S/C13H16BrCl3/c1-12(2,3)10-6-4-9(5-7-10)11(14)8-13(15,16)17/h4-7,11H,8H2,1-3H3/t11-/m0/s1. The fraction of sp³-hybridized carbons (Fsp3) is 0.538. The van der Waals surface area contributed by atoms with Crippen LogP contribution in [0.25, 0.3) is 0 Å². The van der Waals surface area contributed by atoms with Crippen molar-refractivity contribution in [3.05, 3.63) is 35.4 Å². The van der Waals surface area contributed by atoms with Gasteiger partial charge in [0.15, 0.2) is 3.79 Å². The molecule has 0 bridgehead atoms. The van der Waals surface area contributed by atoms with Crippen LogP contribution in [0.3, 0.4) is 0 Å². The highest BCUT2D eigenvalue weighted by molar-refractivity contribution is 9.09. The van der Waals surface area contributed by atoms with E-state index in [0.717, 1.165) is 5.56 Å². The van der Waals surface area contributed by atoms with Crippen LogP contribution in [-0.2, 0) is 5.41 Å². The van der Waals surface area contributed by atoms with Crippen molar-refractivity contribution in [3.63, 3.8) is 0 Å². The second-order valence-corrected chi connectivity index (χ2v) is 8.78. The number of halogens is 4. The molecule has 96 valence electrons. The topological polar surface area (TPSA) is 0 Å². The Hall–Kier alpha value is 0.570. The average molecular weight is 359 g/mol. The van der Waals surface area contributed by atoms with Crippen molar-refractivity contribution >= 4 is 50.7 Å². The lowest BCUT2D eigenvalue weighted by molar-refractivity contribution is 0.590. The largest absolute Gasteiger partial charge is 0.192 e. The summed E-state index contributed by atoms with van der Waals surface area (Å²) in [5, 5.41) is 0. The lowest BCUT2D eigenvalue weighted by atomic mass is 9.86. The van der Waals surface area contributed by atoms with Crippen molar-refractivity contribution in [2.24, 2.45) is 0 Å². The molecule has 0 N–H and O–H groups in total. The first-order valence-electron chi connectivity index (χ1n) is 5.41. The minimum atomic E-state index is -1.23. The van der Waals surface area contributed by atoms with Crippen LogP contribution in [0.1, 0.15) is 43.1 Å². The van der Waals surface area contributed by atoms with Gasteiger partial charge in [0.2, 0.25) is 0 Å². The Labute approximate surface area is 127 Å². The van der Waals surface area contributed by atoms with Gasteiger partial charge in [-0.05, 0) is 16.5 Å². The normalized spacial score (nSPS) is 14.8. The van der Waals surface area contributed by atoms with Crippen LogP contribution < -0.4 is 0 Å². The number of hydrogen-bond donors (Lipinski definition) is 0. The molecule has 0 amide bonds. The molecule has 0 heterocycles. The van der Waals surface area contributed by atoms with Crippen molar-refractivity contribution in [2.45, 2.75) is 41.2 Å². The van der Waals surface area contributed by atoms with E-state index in [1.807, 2.05) is 0 Å². The summed E-state index contributed by atoms with van der Waals surface area (Å²) in [5.41, 5.74) is 2.59. The Bertz CT molecular complexity index is 360. The van der Waals surface area contributed by atoms with Crippen LogP contribution in [0.15, 0.2) is 24.3 Å². The summed E-state index contributed by atoms with van der Waals surface area (Å²) in [4.78, 5) is 0.0593. The van der Waals surface area contributed by atoms with E-state index in [-0.39, 0.29) is 10.2 Å². The summed E-state index contributed by atoms with van der Waals surface area (Å²) in [5.74, 6) is 0. The number of benzene rings is 1. The van der Waals surface area contributed by atoms with Crippen LogP contribution in [0.5, 0.6) is 0 Å². The molecule has 17 heavy (non-hydrogen) atoms. The highest BCUT2D eigenvalue weighted by Gasteiger charge is 2.25. The van der Waals surface area contributed by atoms with Crippen LogP contribution >= 0.6 is 50.7 Å². The second-order valence-electron chi connectivity index (χ2n) is 5.16. The number of rotatable bonds is 2. The van der Waals surface area contributed by atoms with Crippen LogP contribution in [0.2, 0.25) is 0 Å². The molecule has 0 nitrogen and oxygen atoms in total. The van der Waals surface area contributed by atoms with E-state index in [9.17, 15) is 0 Å². The zero-order chi connectivity index (χ0) is 13.3. The van der Waals surface area contributed by atoms with Crippen LogP contribution in [-0.4, -0.2) is 3.79 Å². The molecule has 1 aromatic rings. The van der Waals surface area contributed by atoms with E-state index < -0.39 is 3.79 Å². The number of hydrogen-bond acceptors (Lipinski definition) is 0. The zero-order valence-corrected chi connectivity index (χ0v) is 14.0. The van der Waals surface area contributed by atoms with E-state index >= 15 is 0 Å². The second kappa shape index (κ2) is 5.69. The molecule has 0 radical (unpaired) electrons. The molecule has 0 fully saturated rings. The summed E-state index contributed by atoms with van der Waals surface area (Å²) in [6, 6.07) is 8.41. The maximum atomic E-state index is 5.78. The third-order valence-corrected chi connectivity index (χ3v) is 3.86. The Morgan fingerprint density at radius 2 is 1.53 bits per heavy atom. The molecule has 0 unspecified atom stereocenters. The molecule has 0 aliphatic rings. The zero-order valence-electron chi connectivity index (χ0n) is 10.1. The summed E-state index contributed by atoms with van der Waals surface area (Å²) in [6.45, 7) is 6.57. The summed E-state index contributed by atoms with van der Waals surface area (Å²) in [7, 11) is 0. The molecule has 0 aliphatic heterocycles. The molecule has 1 rings (SSSR count). The molecule has 4 heteroatoms. The third-order valence-electron chi connectivity index (χ3n) is 2.55. The fourth-order valence-electron chi connectivity index (χ4n) is 1.51. The first-order valence-corrected chi connectivity index (χ1v) is 7.46. The molecule has 0 saturated heterocycles. The van der Waals surface area contributed by atoms with Gasteiger partial charge in [-0.25, -0.2) is 0 Å². The lowest BCUT2D eigenvalue weighted by Gasteiger charge is -2.21. The fourth-order valence-corrected chi connectivity index (χ4v) is 3.33. The van der Waals surface area contributed by atoms with Crippen molar-refractivity contribution < 1.29 is 0 Å². The lowest BCUT2D eigenvalue weighted by Crippen LogP contribution is -2.11. The van der Waals surface area contributed by atoms with E-state index in [1.165, 1.54) is 5.56 Å². The van der Waals surface area contributed by atoms with Crippen molar-refractivity contribution in [1.29, 1.82) is 0 Å². The maximum absolute atomic E-state index is 5.78. The highest BCUT2D eigenvalue weighted by atomic mass is 79.9. The minimum absolute atomic E-state index is 0.0593. The Morgan fingerprint density at radius 3 is 1.88 bits per heavy atom. The predicted molar refractivity (Wildman–Crippen MR) is 81.7 cm³/mol. The van der Waals surface area contributed by atoms with Gasteiger partial charge in [-0.1, -0.05) is 95.8 Å². The van der Waals surface area contributed by atoms with Gasteiger partial charge in [0.25, 0.3) is 0 Å². The first kappa shape index (κ1) is 15.6. The van der Waals surface area contributed by atoms with Crippen molar-refractivity contribution in [2.75, 3.05) is 0 Å². The smallest absolute Gasteiger partial charge is 0.0837 e. The summed E-state index contributed by atoms with van der Waals surface area (Å²) >= 11 is 20.9. The molecule has 1 atom stereocenters. The first-order chi connectivity index (χ1) is 7.59. The van der Waals surface area contributed by atoms with Gasteiger partial charge >= 0.3 is 0 Å². The Balaban J connectivity index is 2.81. The molecular formula is C13H16BrCl3. The van der Waals surface area contributed by atoms with Gasteiger partial charge < -0.3 is 0 Å². The predicted octanol–water partition coefficient (Wildman–Crippen LogP) is 6.18. The van der Waals surface area contributed by atoms with Crippen molar-refractivity contribution in [1.82, 2.24) is 0 Å². The quantitative estimate of drug-likeness (QED) is 0.554. The molecular weight excluding hydrogens is 342 g/mol. The van der Waals surface area contributed by atoms with Gasteiger partial charge in [-0.15, -0.1) is 0 Å². The molecule has 1 aromatic carbocycles. The van der Waals surface area contributed by atoms with Gasteiger partial charge in [-0.3, -0.25) is 0 Å². The molecule has 0 aliphatic carbocycles. The maximum Gasteiger partial charge on any atom is 0.192 e. The Kier molecular flexibility index (Phi) is 5.23. The van der Waals surface area contributed by atoms with Gasteiger partial charge in [-0.2, -0.15) is 0 Å². The van der Waals surface area contributed by atoms with E-state index in [2.05, 4.69) is 61.0 Å². The molecule has 0 aromatic heterocycles.